The summed E-state index contributed by atoms with van der Waals surface area (Å²) >= 11 is 0. The normalized spacial score (nSPS) is 10.6. The molecular formula is C14H17N3O. The molecule has 5 N–H and O–H groups in total. The molecule has 0 aliphatic carbocycles. The number of carbonyl (C=O) groups excluding carboxylic acids is 1. The molecule has 0 fully saturated rings. The van der Waals surface area contributed by atoms with Gasteiger partial charge in [0.05, 0.1) is 5.69 Å². The van der Waals surface area contributed by atoms with Crippen LogP contribution < -0.4 is 11.5 Å². The van der Waals surface area contributed by atoms with Crippen LogP contribution in [-0.2, 0) is 0 Å². The molecule has 1 aromatic carbocycles. The third-order valence-corrected chi connectivity index (χ3v) is 3.36. The highest BCUT2D eigenvalue weighted by atomic mass is 16.1. The number of rotatable bonds is 2. The minimum absolute atomic E-state index is 0.0961. The standard InChI is InChI=1S/C14H17N3O/c1-7-8(2)13(17-9(7)3)14(18)11-5-4-10(15)6-12(11)16/h4-6,17H,15-16H2,1-3H3. The minimum atomic E-state index is -0.0961. The van der Waals surface area contributed by atoms with Gasteiger partial charge in [0.2, 0.25) is 5.78 Å². The van der Waals surface area contributed by atoms with Crippen LogP contribution in [0.5, 0.6) is 0 Å². The van der Waals surface area contributed by atoms with Crippen molar-refractivity contribution in [2.75, 3.05) is 11.5 Å². The fourth-order valence-corrected chi connectivity index (χ4v) is 1.99. The Morgan fingerprint density at radius 3 is 2.28 bits per heavy atom. The molecule has 4 heteroatoms. The fourth-order valence-electron chi connectivity index (χ4n) is 1.99. The Morgan fingerprint density at radius 1 is 1.11 bits per heavy atom. The molecule has 0 radical (unpaired) electrons. The number of hydrogen-bond acceptors (Lipinski definition) is 3. The molecule has 0 unspecified atom stereocenters. The lowest BCUT2D eigenvalue weighted by molar-refractivity contribution is 0.103. The van der Waals surface area contributed by atoms with Crippen LogP contribution in [0.4, 0.5) is 11.4 Å². The molecule has 0 aliphatic heterocycles. The molecule has 1 aromatic heterocycles. The first kappa shape index (κ1) is 12.2. The Labute approximate surface area is 106 Å². The quantitative estimate of drug-likeness (QED) is 0.559. The van der Waals surface area contributed by atoms with Gasteiger partial charge >= 0.3 is 0 Å². The zero-order valence-electron chi connectivity index (χ0n) is 10.8. The number of carbonyl (C=O) groups is 1. The van der Waals surface area contributed by atoms with Gasteiger partial charge in [-0.15, -0.1) is 0 Å². The lowest BCUT2D eigenvalue weighted by Gasteiger charge is -2.05. The largest absolute Gasteiger partial charge is 0.399 e. The summed E-state index contributed by atoms with van der Waals surface area (Å²) in [5.74, 6) is -0.0961. The monoisotopic (exact) mass is 243 g/mol. The van der Waals surface area contributed by atoms with E-state index in [1.165, 1.54) is 0 Å². The van der Waals surface area contributed by atoms with E-state index in [1.807, 2.05) is 20.8 Å². The average molecular weight is 243 g/mol. The van der Waals surface area contributed by atoms with Gasteiger partial charge in [-0.3, -0.25) is 4.79 Å². The molecule has 2 aromatic rings. The van der Waals surface area contributed by atoms with Crippen LogP contribution in [0, 0.1) is 20.8 Å². The zero-order chi connectivity index (χ0) is 13.4. The molecule has 0 atom stereocenters. The summed E-state index contributed by atoms with van der Waals surface area (Å²) in [6, 6.07) is 4.95. The molecule has 0 bridgehead atoms. The Morgan fingerprint density at radius 2 is 1.78 bits per heavy atom. The van der Waals surface area contributed by atoms with Crippen LogP contribution >= 0.6 is 0 Å². The van der Waals surface area contributed by atoms with Crippen LogP contribution in [0.15, 0.2) is 18.2 Å². The third kappa shape index (κ3) is 1.86. The van der Waals surface area contributed by atoms with Gasteiger partial charge in [-0.25, -0.2) is 0 Å². The second kappa shape index (κ2) is 4.22. The molecule has 1 heterocycles. The summed E-state index contributed by atoms with van der Waals surface area (Å²) in [5.41, 5.74) is 16.6. The number of nitrogens with two attached hydrogens (primary N) is 2. The summed E-state index contributed by atoms with van der Waals surface area (Å²) in [4.78, 5) is 15.5. The Bertz CT molecular complexity index is 626. The first-order chi connectivity index (χ1) is 8.41. The third-order valence-electron chi connectivity index (χ3n) is 3.36. The fraction of sp³-hybridized carbons (Fsp3) is 0.214. The van der Waals surface area contributed by atoms with Crippen LogP contribution in [0.3, 0.4) is 0 Å². The van der Waals surface area contributed by atoms with Crippen molar-refractivity contribution in [3.05, 3.63) is 46.3 Å². The van der Waals surface area contributed by atoms with Gasteiger partial charge in [-0.1, -0.05) is 0 Å². The number of anilines is 2. The Kier molecular flexibility index (Phi) is 2.87. The van der Waals surface area contributed by atoms with Crippen molar-refractivity contribution in [3.63, 3.8) is 0 Å². The number of aromatic amines is 1. The van der Waals surface area contributed by atoms with Crippen molar-refractivity contribution in [3.8, 4) is 0 Å². The van der Waals surface area contributed by atoms with E-state index >= 15 is 0 Å². The number of nitrogen functional groups attached to an aromatic ring is 2. The van der Waals surface area contributed by atoms with Gasteiger partial charge in [0.15, 0.2) is 0 Å². The zero-order valence-corrected chi connectivity index (χ0v) is 10.8. The molecule has 18 heavy (non-hydrogen) atoms. The van der Waals surface area contributed by atoms with Gasteiger partial charge < -0.3 is 16.5 Å². The molecule has 4 nitrogen and oxygen atoms in total. The number of aryl methyl sites for hydroxylation is 1. The summed E-state index contributed by atoms with van der Waals surface area (Å²) in [7, 11) is 0. The summed E-state index contributed by atoms with van der Waals surface area (Å²) in [6.07, 6.45) is 0. The first-order valence-electron chi connectivity index (χ1n) is 5.77. The molecule has 0 saturated carbocycles. The van der Waals surface area contributed by atoms with E-state index in [2.05, 4.69) is 4.98 Å². The van der Waals surface area contributed by atoms with Gasteiger partial charge in [0.1, 0.15) is 0 Å². The highest BCUT2D eigenvalue weighted by Gasteiger charge is 2.18. The minimum Gasteiger partial charge on any atom is -0.399 e. The molecular weight excluding hydrogens is 226 g/mol. The average Bonchev–Trinajstić information content (AvgIpc) is 2.56. The van der Waals surface area contributed by atoms with Crippen molar-refractivity contribution < 1.29 is 4.79 Å². The maximum Gasteiger partial charge on any atom is 0.211 e. The van der Waals surface area contributed by atoms with E-state index in [-0.39, 0.29) is 5.78 Å². The second-order valence-electron chi connectivity index (χ2n) is 4.55. The van der Waals surface area contributed by atoms with Crippen molar-refractivity contribution in [2.24, 2.45) is 0 Å². The van der Waals surface area contributed by atoms with Crippen LogP contribution in [-0.4, -0.2) is 10.8 Å². The summed E-state index contributed by atoms with van der Waals surface area (Å²) in [5, 5.41) is 0. The van der Waals surface area contributed by atoms with Gasteiger partial charge in [-0.05, 0) is 50.1 Å². The SMILES string of the molecule is Cc1[nH]c(C(=O)c2ccc(N)cc2N)c(C)c1C. The molecule has 94 valence electrons. The lowest BCUT2D eigenvalue weighted by Crippen LogP contribution is -2.07. The smallest absolute Gasteiger partial charge is 0.211 e. The van der Waals surface area contributed by atoms with Crippen molar-refractivity contribution in [1.82, 2.24) is 4.98 Å². The molecule has 0 spiro atoms. The number of ketones is 1. The topological polar surface area (TPSA) is 84.9 Å². The highest BCUT2D eigenvalue weighted by Crippen LogP contribution is 2.23. The Balaban J connectivity index is 2.51. The van der Waals surface area contributed by atoms with Crippen LogP contribution in [0.25, 0.3) is 0 Å². The molecule has 2 rings (SSSR count). The molecule has 0 saturated heterocycles. The van der Waals surface area contributed by atoms with Gasteiger partial charge in [-0.2, -0.15) is 0 Å². The van der Waals surface area contributed by atoms with Gasteiger partial charge in [0.25, 0.3) is 0 Å². The van der Waals surface area contributed by atoms with E-state index in [0.717, 1.165) is 16.8 Å². The Hall–Kier alpha value is -2.23. The van der Waals surface area contributed by atoms with E-state index in [0.29, 0.717) is 22.6 Å². The number of benzene rings is 1. The van der Waals surface area contributed by atoms with Crippen molar-refractivity contribution >= 4 is 17.2 Å². The summed E-state index contributed by atoms with van der Waals surface area (Å²) in [6.45, 7) is 5.87. The first-order valence-corrected chi connectivity index (χ1v) is 5.77. The molecule has 0 amide bonds. The van der Waals surface area contributed by atoms with Crippen LogP contribution in [0.1, 0.15) is 32.9 Å². The maximum absolute atomic E-state index is 12.4. The number of hydrogen-bond donors (Lipinski definition) is 3. The number of H-pyrrole nitrogens is 1. The van der Waals surface area contributed by atoms with Gasteiger partial charge in [0, 0.05) is 22.6 Å². The van der Waals surface area contributed by atoms with E-state index in [1.54, 1.807) is 18.2 Å². The van der Waals surface area contributed by atoms with Crippen LogP contribution in [0.2, 0.25) is 0 Å². The predicted octanol–water partition coefficient (Wildman–Crippen LogP) is 2.34. The molecule has 0 aliphatic rings. The lowest BCUT2D eigenvalue weighted by atomic mass is 10.0. The second-order valence-corrected chi connectivity index (χ2v) is 4.55. The predicted molar refractivity (Wildman–Crippen MR) is 73.7 cm³/mol. The number of nitrogens with one attached hydrogen (secondary N) is 1. The maximum atomic E-state index is 12.4. The summed E-state index contributed by atoms with van der Waals surface area (Å²) < 4.78 is 0. The van der Waals surface area contributed by atoms with E-state index in [4.69, 9.17) is 11.5 Å². The van der Waals surface area contributed by atoms with E-state index < -0.39 is 0 Å². The highest BCUT2D eigenvalue weighted by molar-refractivity contribution is 6.12. The van der Waals surface area contributed by atoms with Crippen molar-refractivity contribution in [2.45, 2.75) is 20.8 Å². The van der Waals surface area contributed by atoms with Crippen molar-refractivity contribution in [1.29, 1.82) is 0 Å². The van der Waals surface area contributed by atoms with E-state index in [9.17, 15) is 4.79 Å². The number of aromatic nitrogens is 1.